The minimum atomic E-state index is -0.716. The van der Waals surface area contributed by atoms with Crippen LogP contribution < -0.4 is 5.32 Å². The molecule has 0 unspecified atom stereocenters. The van der Waals surface area contributed by atoms with E-state index in [0.29, 0.717) is 28.8 Å². The van der Waals surface area contributed by atoms with Crippen molar-refractivity contribution in [1.29, 1.82) is 0 Å². The topological polar surface area (TPSA) is 116 Å². The molecule has 6 rings (SSSR count). The first kappa shape index (κ1) is 30.4. The van der Waals surface area contributed by atoms with Crippen LogP contribution in [0.15, 0.2) is 47.5 Å². The Morgan fingerprint density at radius 2 is 1.86 bits per heavy atom. The number of carbonyl (C=O) groups excluding carboxylic acids is 2. The van der Waals surface area contributed by atoms with Crippen molar-refractivity contribution < 1.29 is 14.0 Å². The number of aliphatic imine (C=N–C) groups is 1. The monoisotopic (exact) mass is 619 g/mol. The molecule has 0 radical (unpaired) electrons. The molecule has 44 heavy (non-hydrogen) atoms. The summed E-state index contributed by atoms with van der Waals surface area (Å²) >= 11 is 6.24. The highest BCUT2D eigenvalue weighted by Crippen LogP contribution is 2.53. The van der Waals surface area contributed by atoms with Crippen LogP contribution in [0.3, 0.4) is 0 Å². The standard InChI is InChI=1S/C33H39ClFN7O2/c1-20(2)21-8-12-33(13-9-21)37-29(24-16-25(34)18-26(35)17-24)31(44)42(33)27(10-11-32(3)14-15-32)22-4-6-23(7-5-22)30(43)36-19-28-38-40-41-39-28/h4-7,16-18,20-21,27H,8-15,19H2,1-3H3,(H,36,43)(H,38,39,40,41)/t21?,27-,33?/m1/s1. The van der Waals surface area contributed by atoms with Crippen LogP contribution in [0, 0.1) is 23.1 Å². The molecule has 2 N–H and O–H groups in total. The third-order valence-corrected chi connectivity index (χ3v) is 10.1. The number of H-pyrrole nitrogens is 1. The van der Waals surface area contributed by atoms with Gasteiger partial charge >= 0.3 is 0 Å². The molecule has 3 aliphatic rings. The van der Waals surface area contributed by atoms with E-state index in [2.05, 4.69) is 46.7 Å². The maximum atomic E-state index is 14.5. The third kappa shape index (κ3) is 6.27. The smallest absolute Gasteiger partial charge is 0.275 e. The van der Waals surface area contributed by atoms with Crippen LogP contribution in [-0.2, 0) is 11.3 Å². The van der Waals surface area contributed by atoms with Crippen LogP contribution in [0.4, 0.5) is 4.39 Å². The lowest BCUT2D eigenvalue weighted by atomic mass is 9.75. The van der Waals surface area contributed by atoms with E-state index < -0.39 is 11.5 Å². The summed E-state index contributed by atoms with van der Waals surface area (Å²) in [6.45, 7) is 6.96. The van der Waals surface area contributed by atoms with Gasteiger partial charge in [-0.05, 0) is 105 Å². The number of benzene rings is 2. The van der Waals surface area contributed by atoms with Crippen LogP contribution in [0.2, 0.25) is 5.02 Å². The summed E-state index contributed by atoms with van der Waals surface area (Å²) < 4.78 is 14.5. The summed E-state index contributed by atoms with van der Waals surface area (Å²) in [5.74, 6) is 0.567. The molecule has 2 amide bonds. The van der Waals surface area contributed by atoms with Crippen molar-refractivity contribution in [3.8, 4) is 0 Å². The van der Waals surface area contributed by atoms with Crippen molar-refractivity contribution in [2.24, 2.45) is 22.2 Å². The maximum Gasteiger partial charge on any atom is 0.275 e. The summed E-state index contributed by atoms with van der Waals surface area (Å²) in [5, 5.41) is 16.7. The minimum absolute atomic E-state index is 0.157. The highest BCUT2D eigenvalue weighted by atomic mass is 35.5. The quantitative estimate of drug-likeness (QED) is 0.272. The largest absolute Gasteiger partial charge is 0.345 e. The number of hydrogen-bond donors (Lipinski definition) is 2. The normalized spacial score (nSPS) is 23.2. The molecule has 232 valence electrons. The van der Waals surface area contributed by atoms with Gasteiger partial charge in [-0.1, -0.05) is 49.7 Å². The van der Waals surface area contributed by atoms with Crippen LogP contribution >= 0.6 is 11.6 Å². The van der Waals surface area contributed by atoms with E-state index in [-0.39, 0.29) is 40.6 Å². The zero-order valence-electron chi connectivity index (χ0n) is 25.4. The van der Waals surface area contributed by atoms with Crippen LogP contribution in [0.1, 0.15) is 105 Å². The first-order valence-electron chi connectivity index (χ1n) is 15.6. The van der Waals surface area contributed by atoms with Crippen molar-refractivity contribution in [1.82, 2.24) is 30.8 Å². The Hall–Kier alpha value is -3.66. The molecule has 11 heteroatoms. The number of nitrogens with one attached hydrogen (secondary N) is 2. The van der Waals surface area contributed by atoms with Crippen LogP contribution in [-0.4, -0.2) is 48.7 Å². The highest BCUT2D eigenvalue weighted by Gasteiger charge is 2.52. The lowest BCUT2D eigenvalue weighted by Crippen LogP contribution is -2.51. The zero-order valence-corrected chi connectivity index (χ0v) is 26.2. The number of hydrogen-bond acceptors (Lipinski definition) is 6. The van der Waals surface area contributed by atoms with Gasteiger partial charge < -0.3 is 10.2 Å². The predicted molar refractivity (Wildman–Crippen MR) is 165 cm³/mol. The first-order chi connectivity index (χ1) is 21.1. The Labute approximate surface area is 262 Å². The number of halogens is 2. The van der Waals surface area contributed by atoms with Crippen molar-refractivity contribution in [3.63, 3.8) is 0 Å². The first-order valence-corrected chi connectivity index (χ1v) is 15.9. The summed E-state index contributed by atoms with van der Waals surface area (Å²) in [4.78, 5) is 34.5. The number of amides is 2. The van der Waals surface area contributed by atoms with Gasteiger partial charge in [0.2, 0.25) is 0 Å². The van der Waals surface area contributed by atoms with Gasteiger partial charge in [0.25, 0.3) is 11.8 Å². The molecule has 0 saturated heterocycles. The van der Waals surface area contributed by atoms with E-state index in [1.807, 2.05) is 17.0 Å². The molecular weight excluding hydrogens is 581 g/mol. The summed E-state index contributed by atoms with van der Waals surface area (Å²) in [5.41, 5.74) is 1.70. The SMILES string of the molecule is CC(C)C1CCC2(CC1)N=C(c1cc(F)cc(Cl)c1)C(=O)N2[C@H](CCC1(C)CC1)c1ccc(C(=O)NCc2nn[nH]n2)cc1. The molecule has 1 aliphatic heterocycles. The van der Waals surface area contributed by atoms with E-state index >= 15 is 0 Å². The second-order valence-corrected chi connectivity index (χ2v) is 13.8. The lowest BCUT2D eigenvalue weighted by Gasteiger charge is -2.46. The molecule has 2 saturated carbocycles. The average Bonchev–Trinajstić information content (AvgIpc) is 3.38. The number of tetrazole rings is 1. The highest BCUT2D eigenvalue weighted by molar-refractivity contribution is 6.47. The van der Waals surface area contributed by atoms with Crippen LogP contribution in [0.25, 0.3) is 0 Å². The van der Waals surface area contributed by atoms with Gasteiger partial charge in [0, 0.05) is 16.1 Å². The maximum absolute atomic E-state index is 14.5. The van der Waals surface area contributed by atoms with Crippen molar-refractivity contribution in [2.75, 3.05) is 0 Å². The van der Waals surface area contributed by atoms with Gasteiger partial charge in [-0.25, -0.2) is 4.39 Å². The fourth-order valence-corrected chi connectivity index (χ4v) is 7.04. The Morgan fingerprint density at radius 3 is 2.48 bits per heavy atom. The molecule has 1 atom stereocenters. The second kappa shape index (κ2) is 12.0. The molecule has 2 aliphatic carbocycles. The lowest BCUT2D eigenvalue weighted by molar-refractivity contribution is -0.133. The molecule has 9 nitrogen and oxygen atoms in total. The summed E-state index contributed by atoms with van der Waals surface area (Å²) in [7, 11) is 0. The fraction of sp³-hybridized carbons (Fsp3) is 0.515. The summed E-state index contributed by atoms with van der Waals surface area (Å²) in [6.07, 6.45) is 7.53. The van der Waals surface area contributed by atoms with Crippen LogP contribution in [0.5, 0.6) is 0 Å². The van der Waals surface area contributed by atoms with Crippen molar-refractivity contribution in [3.05, 3.63) is 75.8 Å². The molecule has 2 heterocycles. The number of nitrogens with zero attached hydrogens (tertiary/aromatic N) is 5. The number of rotatable bonds is 10. The van der Waals surface area contributed by atoms with Gasteiger partial charge in [-0.15, -0.1) is 10.2 Å². The predicted octanol–water partition coefficient (Wildman–Crippen LogP) is 6.42. The minimum Gasteiger partial charge on any atom is -0.345 e. The number of aromatic nitrogens is 4. The van der Waals surface area contributed by atoms with Crippen molar-refractivity contribution >= 4 is 29.1 Å². The second-order valence-electron chi connectivity index (χ2n) is 13.4. The zero-order chi connectivity index (χ0) is 31.1. The van der Waals surface area contributed by atoms with Crippen molar-refractivity contribution in [2.45, 2.75) is 90.4 Å². The Balaban J connectivity index is 1.33. The molecule has 2 fully saturated rings. The molecule has 3 aromatic rings. The third-order valence-electron chi connectivity index (χ3n) is 9.89. The number of aromatic amines is 1. The van der Waals surface area contributed by atoms with Gasteiger partial charge in [0.15, 0.2) is 5.82 Å². The average molecular weight is 620 g/mol. The van der Waals surface area contributed by atoms with Gasteiger partial charge in [0.1, 0.15) is 17.2 Å². The van der Waals surface area contributed by atoms with Gasteiger partial charge in [-0.3, -0.25) is 14.6 Å². The van der Waals surface area contributed by atoms with E-state index in [1.54, 1.807) is 18.2 Å². The van der Waals surface area contributed by atoms with E-state index in [4.69, 9.17) is 16.6 Å². The Bertz CT molecular complexity index is 1520. The molecular formula is C33H39ClFN7O2. The Kier molecular flexibility index (Phi) is 8.30. The Morgan fingerprint density at radius 1 is 1.14 bits per heavy atom. The molecule has 1 aromatic heterocycles. The fourth-order valence-electron chi connectivity index (χ4n) is 6.81. The molecule has 2 aromatic carbocycles. The van der Waals surface area contributed by atoms with Gasteiger partial charge in [0.05, 0.1) is 12.6 Å². The van der Waals surface area contributed by atoms with E-state index in [1.165, 1.54) is 25.0 Å². The molecule has 0 bridgehead atoms. The van der Waals surface area contributed by atoms with E-state index in [9.17, 15) is 14.0 Å². The molecule has 1 spiro atoms. The van der Waals surface area contributed by atoms with Gasteiger partial charge in [-0.2, -0.15) is 5.21 Å². The summed E-state index contributed by atoms with van der Waals surface area (Å²) in [6, 6.07) is 11.4. The number of carbonyl (C=O) groups is 2. The van der Waals surface area contributed by atoms with E-state index in [0.717, 1.165) is 44.1 Å².